The van der Waals surface area contributed by atoms with E-state index in [-0.39, 0.29) is 44.3 Å². The fraction of sp³-hybridized carbons (Fsp3) is 0.417. The van der Waals surface area contributed by atoms with Crippen molar-refractivity contribution in [1.82, 2.24) is 14.9 Å². The summed E-state index contributed by atoms with van der Waals surface area (Å²) in [6.45, 7) is 1.38. The van der Waals surface area contributed by atoms with Gasteiger partial charge in [-0.3, -0.25) is 9.59 Å². The zero-order chi connectivity index (χ0) is 26.5. The van der Waals surface area contributed by atoms with E-state index in [9.17, 15) is 31.2 Å². The number of benzene rings is 2. The molecule has 1 heterocycles. The van der Waals surface area contributed by atoms with Gasteiger partial charge in [-0.15, -0.1) is 0 Å². The molecule has 2 N–H and O–H groups in total. The van der Waals surface area contributed by atoms with E-state index < -0.39 is 38.6 Å². The van der Waals surface area contributed by atoms with Crippen LogP contribution in [0.5, 0.6) is 5.75 Å². The molecule has 8 nitrogen and oxygen atoms in total. The van der Waals surface area contributed by atoms with Crippen molar-refractivity contribution >= 4 is 21.8 Å². The topological polar surface area (TPSA) is 105 Å². The molecule has 2 amide bonds. The Balaban J connectivity index is 1.62. The summed E-state index contributed by atoms with van der Waals surface area (Å²) >= 11 is 0. The minimum absolute atomic E-state index is 0.0345. The molecule has 1 unspecified atom stereocenters. The Morgan fingerprint density at radius 2 is 1.75 bits per heavy atom. The quantitative estimate of drug-likeness (QED) is 0.550. The van der Waals surface area contributed by atoms with Crippen LogP contribution in [0.1, 0.15) is 30.9 Å². The number of hydrogen-bond donors (Lipinski definition) is 2. The van der Waals surface area contributed by atoms with Gasteiger partial charge in [0.25, 0.3) is 0 Å². The molecule has 0 aliphatic carbocycles. The maximum atomic E-state index is 13.0. The molecule has 2 aromatic carbocycles. The molecule has 0 spiro atoms. The molecule has 1 aliphatic rings. The second kappa shape index (κ2) is 11.3. The lowest BCUT2D eigenvalue weighted by atomic mass is 10.0. The summed E-state index contributed by atoms with van der Waals surface area (Å²) in [5.41, 5.74) is -0.224. The number of piperidine rings is 1. The number of hydrogen-bond acceptors (Lipinski definition) is 5. The number of carbonyl (C=O) groups excluding carboxylic acids is 2. The smallest absolute Gasteiger partial charge is 0.416 e. The number of amides is 2. The minimum Gasteiger partial charge on any atom is -0.497 e. The highest BCUT2D eigenvalue weighted by Crippen LogP contribution is 2.31. The molecule has 3 rings (SSSR count). The molecule has 36 heavy (non-hydrogen) atoms. The molecule has 196 valence electrons. The number of halogens is 3. The van der Waals surface area contributed by atoms with Gasteiger partial charge in [-0.1, -0.05) is 18.2 Å². The van der Waals surface area contributed by atoms with Gasteiger partial charge in [0.1, 0.15) is 11.8 Å². The average molecular weight is 528 g/mol. The predicted molar refractivity (Wildman–Crippen MR) is 126 cm³/mol. The van der Waals surface area contributed by atoms with E-state index in [1.54, 1.807) is 31.4 Å². The first kappa shape index (κ1) is 27.5. The molecular weight excluding hydrogens is 499 g/mol. The number of alkyl halides is 3. The van der Waals surface area contributed by atoms with Gasteiger partial charge in [-0.2, -0.15) is 17.5 Å². The van der Waals surface area contributed by atoms with Gasteiger partial charge in [0.05, 0.1) is 17.6 Å². The molecule has 1 atom stereocenters. The third kappa shape index (κ3) is 6.97. The Morgan fingerprint density at radius 3 is 2.31 bits per heavy atom. The minimum atomic E-state index is -4.65. The van der Waals surface area contributed by atoms with Gasteiger partial charge in [0.15, 0.2) is 0 Å². The maximum absolute atomic E-state index is 13.0. The molecule has 0 aromatic heterocycles. The lowest BCUT2D eigenvalue weighted by molar-refractivity contribution is -0.137. The maximum Gasteiger partial charge on any atom is 0.416 e. The van der Waals surface area contributed by atoms with Crippen molar-refractivity contribution in [2.45, 2.75) is 49.3 Å². The number of carbonyl (C=O) groups is 2. The molecule has 2 aromatic rings. The van der Waals surface area contributed by atoms with E-state index >= 15 is 0 Å². The zero-order valence-electron chi connectivity index (χ0n) is 19.8. The van der Waals surface area contributed by atoms with Crippen LogP contribution in [-0.2, 0) is 32.2 Å². The van der Waals surface area contributed by atoms with Crippen molar-refractivity contribution in [2.75, 3.05) is 20.2 Å². The van der Waals surface area contributed by atoms with Crippen LogP contribution >= 0.6 is 0 Å². The molecule has 1 aliphatic heterocycles. The molecule has 0 bridgehead atoms. The van der Waals surface area contributed by atoms with Crippen LogP contribution in [0.2, 0.25) is 0 Å². The summed E-state index contributed by atoms with van der Waals surface area (Å²) in [7, 11) is -2.58. The number of nitrogens with one attached hydrogen (secondary N) is 2. The van der Waals surface area contributed by atoms with Crippen molar-refractivity contribution in [1.29, 1.82) is 0 Å². The first-order valence-corrected chi connectivity index (χ1v) is 12.7. The number of methoxy groups -OCH3 is 1. The molecule has 0 saturated carbocycles. The van der Waals surface area contributed by atoms with Gasteiger partial charge in [-0.25, -0.2) is 8.42 Å². The van der Waals surface area contributed by atoms with Crippen LogP contribution in [0.4, 0.5) is 13.2 Å². The van der Waals surface area contributed by atoms with Crippen LogP contribution in [0.15, 0.2) is 53.4 Å². The summed E-state index contributed by atoms with van der Waals surface area (Å²) < 4.78 is 71.0. The highest BCUT2D eigenvalue weighted by atomic mass is 32.2. The SMILES string of the molecule is COc1ccc(CC(NC(C)=O)C(=O)NC2CCN(S(=O)(=O)c3cccc(C(F)(F)F)c3)CC2)cc1. The molecule has 1 fully saturated rings. The third-order valence-corrected chi connectivity index (χ3v) is 7.79. The van der Waals surface area contributed by atoms with E-state index in [4.69, 9.17) is 4.74 Å². The van der Waals surface area contributed by atoms with Crippen molar-refractivity contribution in [2.24, 2.45) is 0 Å². The van der Waals surface area contributed by atoms with Gasteiger partial charge in [0.2, 0.25) is 21.8 Å². The Labute approximate surface area is 207 Å². The normalized spacial score (nSPS) is 16.2. The third-order valence-electron chi connectivity index (χ3n) is 5.89. The Morgan fingerprint density at radius 1 is 1.11 bits per heavy atom. The largest absolute Gasteiger partial charge is 0.497 e. The Hall–Kier alpha value is -3.12. The van der Waals surface area contributed by atoms with E-state index in [1.807, 2.05) is 0 Å². The number of rotatable bonds is 8. The summed E-state index contributed by atoms with van der Waals surface area (Å²) in [5.74, 6) is -0.114. The number of sulfonamides is 1. The second-order valence-corrected chi connectivity index (χ2v) is 10.5. The van der Waals surface area contributed by atoms with Gasteiger partial charge < -0.3 is 15.4 Å². The van der Waals surface area contributed by atoms with Crippen LogP contribution in [0, 0.1) is 0 Å². The van der Waals surface area contributed by atoms with Crippen molar-refractivity contribution in [3.05, 3.63) is 59.7 Å². The lowest BCUT2D eigenvalue weighted by Crippen LogP contribution is -2.53. The second-order valence-electron chi connectivity index (χ2n) is 8.52. The van der Waals surface area contributed by atoms with Crippen molar-refractivity contribution in [3.63, 3.8) is 0 Å². The van der Waals surface area contributed by atoms with Crippen LogP contribution in [-0.4, -0.2) is 56.8 Å². The Bertz CT molecular complexity index is 1180. The van der Waals surface area contributed by atoms with Crippen molar-refractivity contribution < 1.29 is 35.9 Å². The zero-order valence-corrected chi connectivity index (χ0v) is 20.7. The summed E-state index contributed by atoms with van der Waals surface area (Å²) in [6, 6.07) is 9.54. The fourth-order valence-corrected chi connectivity index (χ4v) is 5.49. The van der Waals surface area contributed by atoms with E-state index in [1.165, 1.54) is 6.92 Å². The molecule has 1 saturated heterocycles. The van der Waals surface area contributed by atoms with E-state index in [0.29, 0.717) is 11.8 Å². The summed E-state index contributed by atoms with van der Waals surface area (Å²) in [4.78, 5) is 24.2. The summed E-state index contributed by atoms with van der Waals surface area (Å²) in [6.07, 6.45) is -3.85. The molecule has 0 radical (unpaired) electrons. The first-order chi connectivity index (χ1) is 16.9. The molecule has 12 heteroatoms. The monoisotopic (exact) mass is 527 g/mol. The first-order valence-electron chi connectivity index (χ1n) is 11.3. The number of ether oxygens (including phenoxy) is 1. The predicted octanol–water partition coefficient (Wildman–Crippen LogP) is 2.73. The highest BCUT2D eigenvalue weighted by molar-refractivity contribution is 7.89. The molecular formula is C24H28F3N3O5S. The average Bonchev–Trinajstić information content (AvgIpc) is 2.83. The van der Waals surface area contributed by atoms with Crippen LogP contribution in [0.3, 0.4) is 0 Å². The van der Waals surface area contributed by atoms with Crippen LogP contribution < -0.4 is 15.4 Å². The number of nitrogens with zero attached hydrogens (tertiary/aromatic N) is 1. The lowest BCUT2D eigenvalue weighted by Gasteiger charge is -2.32. The Kier molecular flexibility index (Phi) is 8.62. The van der Waals surface area contributed by atoms with Gasteiger partial charge in [-0.05, 0) is 48.7 Å². The van der Waals surface area contributed by atoms with E-state index in [2.05, 4.69) is 10.6 Å². The van der Waals surface area contributed by atoms with Gasteiger partial charge >= 0.3 is 6.18 Å². The standard InChI is InChI=1S/C24H28F3N3O5S/c1-16(31)28-22(14-17-6-8-20(35-2)9-7-17)23(32)29-19-10-12-30(13-11-19)36(33,34)21-5-3-4-18(15-21)24(25,26)27/h3-9,15,19,22H,10-14H2,1-2H3,(H,28,31)(H,29,32). The fourth-order valence-electron chi connectivity index (χ4n) is 3.98. The van der Waals surface area contributed by atoms with E-state index in [0.717, 1.165) is 28.1 Å². The van der Waals surface area contributed by atoms with Crippen molar-refractivity contribution in [3.8, 4) is 5.75 Å². The highest BCUT2D eigenvalue weighted by Gasteiger charge is 2.35. The van der Waals surface area contributed by atoms with Crippen LogP contribution in [0.25, 0.3) is 0 Å². The van der Waals surface area contributed by atoms with Gasteiger partial charge in [0, 0.05) is 32.5 Å². The summed E-state index contributed by atoms with van der Waals surface area (Å²) in [5, 5.41) is 5.50.